The maximum absolute atomic E-state index is 13.1. The van der Waals surface area contributed by atoms with Gasteiger partial charge in [0, 0.05) is 0 Å². The summed E-state index contributed by atoms with van der Waals surface area (Å²) < 4.78 is 36.0. The third-order valence-electron chi connectivity index (χ3n) is 3.42. The fraction of sp³-hybridized carbons (Fsp3) is 0.875. The Morgan fingerprint density at radius 3 is 2.77 bits per heavy atom. The van der Waals surface area contributed by atoms with E-state index in [0.29, 0.717) is 0 Å². The van der Waals surface area contributed by atoms with Gasteiger partial charge < -0.3 is 9.47 Å². The Kier molecular flexibility index (Phi) is 1.10. The maximum Gasteiger partial charge on any atom is 0.312 e. The van der Waals surface area contributed by atoms with Crippen molar-refractivity contribution in [3.63, 3.8) is 0 Å². The van der Waals surface area contributed by atoms with Gasteiger partial charge in [-0.2, -0.15) is 0 Å². The molecule has 3 rings (SSSR count). The van der Waals surface area contributed by atoms with Gasteiger partial charge in [-0.3, -0.25) is 4.79 Å². The molecular formula is C8H8F2O3. The first kappa shape index (κ1) is 7.67. The van der Waals surface area contributed by atoms with E-state index in [9.17, 15) is 13.6 Å². The van der Waals surface area contributed by atoms with Crippen molar-refractivity contribution < 1.29 is 23.0 Å². The zero-order valence-electron chi connectivity index (χ0n) is 6.76. The predicted molar refractivity (Wildman–Crippen MR) is 36.2 cm³/mol. The smallest absolute Gasteiger partial charge is 0.312 e. The van der Waals surface area contributed by atoms with Gasteiger partial charge in [-0.1, -0.05) is 0 Å². The average molecular weight is 190 g/mol. The number of carbonyl (C=O) groups excluding carboxylic acids is 1. The van der Waals surface area contributed by atoms with Crippen molar-refractivity contribution in [2.24, 2.45) is 11.8 Å². The molecule has 0 amide bonds. The summed E-state index contributed by atoms with van der Waals surface area (Å²) in [7, 11) is 0. The van der Waals surface area contributed by atoms with E-state index in [-0.39, 0.29) is 19.0 Å². The van der Waals surface area contributed by atoms with E-state index < -0.39 is 30.0 Å². The first-order chi connectivity index (χ1) is 6.06. The summed E-state index contributed by atoms with van der Waals surface area (Å²) in [4.78, 5) is 11.0. The van der Waals surface area contributed by atoms with Gasteiger partial charge in [0.25, 0.3) is 5.92 Å². The zero-order chi connectivity index (χ0) is 9.27. The summed E-state index contributed by atoms with van der Waals surface area (Å²) in [5.41, 5.74) is -0.972. The number of hydrogen-bond donors (Lipinski definition) is 0. The average Bonchev–Trinajstić information content (AvgIpc) is 2.32. The summed E-state index contributed by atoms with van der Waals surface area (Å²) in [6.45, 7) is -0.554. The highest BCUT2D eigenvalue weighted by atomic mass is 19.3. The summed E-state index contributed by atoms with van der Waals surface area (Å²) in [6, 6.07) is 0. The van der Waals surface area contributed by atoms with Crippen LogP contribution in [-0.4, -0.2) is 30.7 Å². The molecule has 0 N–H and O–H groups in total. The topological polar surface area (TPSA) is 35.5 Å². The highest BCUT2D eigenvalue weighted by Gasteiger charge is 2.75. The fourth-order valence-corrected chi connectivity index (χ4v) is 2.60. The largest absolute Gasteiger partial charge is 0.462 e. The molecule has 0 bridgehead atoms. The van der Waals surface area contributed by atoms with E-state index in [4.69, 9.17) is 9.47 Å². The minimum Gasteiger partial charge on any atom is -0.462 e. The van der Waals surface area contributed by atoms with Crippen LogP contribution in [0.2, 0.25) is 0 Å². The van der Waals surface area contributed by atoms with Crippen molar-refractivity contribution in [2.45, 2.75) is 17.9 Å². The molecule has 2 aliphatic heterocycles. The number of hydrogen-bond acceptors (Lipinski definition) is 3. The molecule has 5 heteroatoms. The standard InChI is InChI=1S/C8H8F2O3/c9-8(10)3-13-7-2-12-6(11)4(7)1-5(7)8/h4-5H,1-3H2/t4-,5+,7+/m1/s1. The minimum absolute atomic E-state index is 0.0107. The van der Waals surface area contributed by atoms with Crippen molar-refractivity contribution in [3.05, 3.63) is 0 Å². The van der Waals surface area contributed by atoms with Crippen molar-refractivity contribution in [2.75, 3.05) is 13.2 Å². The summed E-state index contributed by atoms with van der Waals surface area (Å²) in [6.07, 6.45) is 0.214. The molecule has 0 aromatic carbocycles. The van der Waals surface area contributed by atoms with Crippen LogP contribution < -0.4 is 0 Å². The Labute approximate surface area is 73.0 Å². The van der Waals surface area contributed by atoms with Gasteiger partial charge in [0.2, 0.25) is 0 Å². The maximum atomic E-state index is 13.1. The lowest BCUT2D eigenvalue weighted by atomic mass is 9.61. The molecule has 13 heavy (non-hydrogen) atoms. The lowest BCUT2D eigenvalue weighted by Gasteiger charge is -2.43. The zero-order valence-corrected chi connectivity index (χ0v) is 6.76. The molecule has 3 nitrogen and oxygen atoms in total. The number of carbonyl (C=O) groups is 1. The number of cyclic esters (lactones) is 1. The van der Waals surface area contributed by atoms with Gasteiger partial charge in [-0.15, -0.1) is 0 Å². The van der Waals surface area contributed by atoms with Gasteiger partial charge in [-0.25, -0.2) is 8.78 Å². The number of alkyl halides is 2. The fourth-order valence-electron chi connectivity index (χ4n) is 2.60. The first-order valence-corrected chi connectivity index (χ1v) is 4.25. The molecule has 0 unspecified atom stereocenters. The molecule has 3 atom stereocenters. The molecule has 2 saturated heterocycles. The van der Waals surface area contributed by atoms with Crippen LogP contribution in [0.25, 0.3) is 0 Å². The summed E-state index contributed by atoms with van der Waals surface area (Å²) in [5, 5.41) is 0. The Bertz CT molecular complexity index is 291. The second-order valence-corrected chi connectivity index (χ2v) is 3.95. The Morgan fingerprint density at radius 1 is 1.38 bits per heavy atom. The highest BCUT2D eigenvalue weighted by Crippen LogP contribution is 2.61. The molecule has 1 aliphatic carbocycles. The van der Waals surface area contributed by atoms with E-state index in [1.54, 1.807) is 0 Å². The van der Waals surface area contributed by atoms with E-state index in [2.05, 4.69) is 0 Å². The molecule has 1 saturated carbocycles. The second-order valence-electron chi connectivity index (χ2n) is 3.95. The Hall–Kier alpha value is -0.710. The number of rotatable bonds is 0. The van der Waals surface area contributed by atoms with Crippen LogP contribution >= 0.6 is 0 Å². The Balaban J connectivity index is 1.97. The van der Waals surface area contributed by atoms with Crippen LogP contribution in [-0.2, 0) is 14.3 Å². The van der Waals surface area contributed by atoms with Crippen LogP contribution in [0, 0.1) is 11.8 Å². The minimum atomic E-state index is -2.77. The third kappa shape index (κ3) is 0.665. The molecule has 1 spiro atoms. The lowest BCUT2D eigenvalue weighted by molar-refractivity contribution is -0.152. The van der Waals surface area contributed by atoms with Crippen molar-refractivity contribution >= 4 is 5.97 Å². The second kappa shape index (κ2) is 1.87. The molecule has 0 radical (unpaired) electrons. The van der Waals surface area contributed by atoms with Gasteiger partial charge in [0.15, 0.2) is 0 Å². The van der Waals surface area contributed by atoms with Crippen LogP contribution in [0.5, 0.6) is 0 Å². The van der Waals surface area contributed by atoms with Crippen LogP contribution in [0.1, 0.15) is 6.42 Å². The number of ether oxygens (including phenoxy) is 2. The SMILES string of the molecule is O=C1OC[C@@]23OCC(F)(F)[C@H]2C[C@H]13. The van der Waals surface area contributed by atoms with Gasteiger partial charge in [0.1, 0.15) is 18.8 Å². The van der Waals surface area contributed by atoms with E-state index in [1.165, 1.54) is 0 Å². The number of halogens is 2. The van der Waals surface area contributed by atoms with Crippen LogP contribution in [0.3, 0.4) is 0 Å². The van der Waals surface area contributed by atoms with Crippen LogP contribution in [0.4, 0.5) is 8.78 Å². The molecular weight excluding hydrogens is 182 g/mol. The van der Waals surface area contributed by atoms with Crippen LogP contribution in [0.15, 0.2) is 0 Å². The molecule has 0 aromatic heterocycles. The van der Waals surface area contributed by atoms with Crippen molar-refractivity contribution in [3.8, 4) is 0 Å². The molecule has 0 aromatic rings. The lowest BCUT2D eigenvalue weighted by Crippen LogP contribution is -2.57. The monoisotopic (exact) mass is 190 g/mol. The van der Waals surface area contributed by atoms with Gasteiger partial charge in [-0.05, 0) is 6.42 Å². The molecule has 2 heterocycles. The van der Waals surface area contributed by atoms with E-state index in [1.807, 2.05) is 0 Å². The quantitative estimate of drug-likeness (QED) is 0.524. The number of esters is 1. The summed E-state index contributed by atoms with van der Waals surface area (Å²) in [5.74, 6) is -4.40. The first-order valence-electron chi connectivity index (χ1n) is 4.25. The van der Waals surface area contributed by atoms with Crippen molar-refractivity contribution in [1.82, 2.24) is 0 Å². The normalized spacial score (nSPS) is 50.8. The highest BCUT2D eigenvalue weighted by molar-refractivity contribution is 5.78. The molecule has 72 valence electrons. The molecule has 3 fully saturated rings. The third-order valence-corrected chi connectivity index (χ3v) is 3.42. The van der Waals surface area contributed by atoms with E-state index in [0.717, 1.165) is 0 Å². The summed E-state index contributed by atoms with van der Waals surface area (Å²) >= 11 is 0. The van der Waals surface area contributed by atoms with Gasteiger partial charge >= 0.3 is 5.97 Å². The van der Waals surface area contributed by atoms with E-state index >= 15 is 0 Å². The van der Waals surface area contributed by atoms with Gasteiger partial charge in [0.05, 0.1) is 11.8 Å². The Morgan fingerprint density at radius 2 is 2.15 bits per heavy atom. The molecule has 3 aliphatic rings. The predicted octanol–water partition coefficient (Wildman–Crippen LogP) is 0.584. The van der Waals surface area contributed by atoms with Crippen molar-refractivity contribution in [1.29, 1.82) is 0 Å².